The van der Waals surface area contributed by atoms with Crippen molar-refractivity contribution in [3.8, 4) is 0 Å². The first kappa shape index (κ1) is 13.1. The van der Waals surface area contributed by atoms with E-state index >= 15 is 0 Å². The van der Waals surface area contributed by atoms with Crippen LogP contribution < -0.4 is 0 Å². The van der Waals surface area contributed by atoms with Crippen LogP contribution in [0.1, 0.15) is 0 Å². The molecule has 18 heavy (non-hydrogen) atoms. The second-order valence-corrected chi connectivity index (χ2v) is 16.1. The van der Waals surface area contributed by atoms with Crippen molar-refractivity contribution in [2.45, 2.75) is 0 Å². The third-order valence-electron chi connectivity index (χ3n) is 3.07. The van der Waals surface area contributed by atoms with Crippen LogP contribution in [0, 0.1) is 0 Å². The summed E-state index contributed by atoms with van der Waals surface area (Å²) < 4.78 is 20.6. The maximum atomic E-state index is 6.66. The zero-order valence-electron chi connectivity index (χ0n) is 9.40. The lowest BCUT2D eigenvalue weighted by Crippen LogP contribution is -2.04. The Kier molecular flexibility index (Phi) is 2.92. The third-order valence-corrected chi connectivity index (χ3v) is 16.3. The van der Waals surface area contributed by atoms with Crippen molar-refractivity contribution in [1.82, 2.24) is 14.0 Å². The van der Waals surface area contributed by atoms with Gasteiger partial charge in [0.25, 0.3) is 5.91 Å². The smallest absolute Gasteiger partial charge is 0.237 e. The molecule has 12 heteroatoms. The molecule has 4 aliphatic rings. The van der Waals surface area contributed by atoms with Gasteiger partial charge in [-0.2, -0.15) is 13.5 Å². The molecule has 0 spiro atoms. The summed E-state index contributed by atoms with van der Waals surface area (Å²) in [5.74, 6) is -2.68. The quantitative estimate of drug-likeness (QED) is 0.545. The Hall–Kier alpha value is 1.44. The predicted molar refractivity (Wildman–Crippen MR) is 80.3 cm³/mol. The van der Waals surface area contributed by atoms with Gasteiger partial charge >= 0.3 is 0 Å². The van der Waals surface area contributed by atoms with Crippen LogP contribution in [0.5, 0.6) is 0 Å². The van der Waals surface area contributed by atoms with Crippen LogP contribution in [0.4, 0.5) is 0 Å². The molecule has 0 N–H and O–H groups in total. The van der Waals surface area contributed by atoms with Crippen LogP contribution in [-0.4, -0.2) is 53.3 Å². The number of hydrogen-bond acceptors (Lipinski definition) is 6. The molecule has 0 aromatic rings. The standard InChI is InChI=1S/C6H12Cl3N6P3/c7-16(8)10-17(9,13-1-2-13)12-18(11-16,14-3-4-14)15-5-6-15/h1-6H2. The highest BCUT2D eigenvalue weighted by atomic mass is 35.9. The molecule has 0 aliphatic carbocycles. The molecule has 0 aromatic carbocycles. The summed E-state index contributed by atoms with van der Waals surface area (Å²) in [6.07, 6.45) is 0. The monoisotopic (exact) mass is 366 g/mol. The molecule has 3 fully saturated rings. The van der Waals surface area contributed by atoms with E-state index in [-0.39, 0.29) is 0 Å². The Labute approximate surface area is 120 Å². The van der Waals surface area contributed by atoms with Crippen LogP contribution in [0.3, 0.4) is 0 Å². The van der Waals surface area contributed by atoms with Gasteiger partial charge in [-0.3, -0.25) is 0 Å². The average molecular weight is 367 g/mol. The van der Waals surface area contributed by atoms with Crippen LogP contribution in [0.2, 0.25) is 0 Å². The van der Waals surface area contributed by atoms with Gasteiger partial charge < -0.3 is 0 Å². The van der Waals surface area contributed by atoms with E-state index < -0.39 is 20.1 Å². The lowest BCUT2D eigenvalue weighted by atomic mass is 11.0. The Morgan fingerprint density at radius 3 is 1.61 bits per heavy atom. The second kappa shape index (κ2) is 4.00. The highest BCUT2D eigenvalue weighted by Crippen LogP contribution is 2.87. The second-order valence-electron chi connectivity index (χ2n) is 4.62. The molecule has 102 valence electrons. The largest absolute Gasteiger partial charge is 0.257 e. The van der Waals surface area contributed by atoms with E-state index in [1.54, 1.807) is 0 Å². The minimum atomic E-state index is -2.68. The molecule has 4 heterocycles. The summed E-state index contributed by atoms with van der Waals surface area (Å²) in [6, 6.07) is 0. The number of rotatable bonds is 3. The molecule has 0 bridgehead atoms. The van der Waals surface area contributed by atoms with Gasteiger partial charge in [-0.05, 0) is 33.7 Å². The minimum absolute atomic E-state index is 0.943. The molecule has 4 aliphatic heterocycles. The molecule has 0 saturated carbocycles. The van der Waals surface area contributed by atoms with Gasteiger partial charge in [-0.1, -0.05) is 0 Å². The van der Waals surface area contributed by atoms with Gasteiger partial charge in [0.2, 0.25) is 14.2 Å². The van der Waals surface area contributed by atoms with Gasteiger partial charge in [-0.25, -0.2) is 14.0 Å². The molecule has 6 nitrogen and oxygen atoms in total. The maximum Gasteiger partial charge on any atom is 0.257 e. The van der Waals surface area contributed by atoms with E-state index in [0.29, 0.717) is 0 Å². The number of hydrogen-bond donors (Lipinski definition) is 0. The minimum Gasteiger partial charge on any atom is -0.237 e. The molecule has 0 radical (unpaired) electrons. The first-order valence-electron chi connectivity index (χ1n) is 5.70. The van der Waals surface area contributed by atoms with Crippen LogP contribution >= 0.6 is 53.8 Å². The van der Waals surface area contributed by atoms with E-state index in [1.165, 1.54) is 0 Å². The van der Waals surface area contributed by atoms with Gasteiger partial charge in [0.1, 0.15) is 0 Å². The topological polar surface area (TPSA) is 46.1 Å². The zero-order valence-corrected chi connectivity index (χ0v) is 14.4. The van der Waals surface area contributed by atoms with E-state index in [0.717, 1.165) is 39.3 Å². The number of nitrogens with zero attached hydrogens (tertiary/aromatic N) is 6. The van der Waals surface area contributed by atoms with Crippen molar-refractivity contribution in [2.75, 3.05) is 39.3 Å². The van der Waals surface area contributed by atoms with Gasteiger partial charge in [0.05, 0.1) is 0 Å². The first-order valence-corrected chi connectivity index (χ1v) is 13.4. The summed E-state index contributed by atoms with van der Waals surface area (Å²) in [5.41, 5.74) is 0. The van der Waals surface area contributed by atoms with E-state index in [1.807, 2.05) is 0 Å². The molecule has 4 rings (SSSR count). The van der Waals surface area contributed by atoms with Crippen LogP contribution in [0.25, 0.3) is 0 Å². The predicted octanol–water partition coefficient (Wildman–Crippen LogP) is 4.50. The molecule has 0 amide bonds. The van der Waals surface area contributed by atoms with Gasteiger partial charge in [0.15, 0.2) is 0 Å². The summed E-state index contributed by atoms with van der Waals surface area (Å²) in [4.78, 5) is 0. The van der Waals surface area contributed by atoms with Crippen molar-refractivity contribution < 1.29 is 0 Å². The van der Waals surface area contributed by atoms with Crippen molar-refractivity contribution in [3.05, 3.63) is 0 Å². The lowest BCUT2D eigenvalue weighted by molar-refractivity contribution is 0.777. The van der Waals surface area contributed by atoms with Crippen LogP contribution in [-0.2, 0) is 0 Å². The SMILES string of the molecule is ClP1(Cl)=NP(N2CC2)(N2CC2)=NP(Cl)(N2CC2)=N1. The van der Waals surface area contributed by atoms with Crippen molar-refractivity contribution in [3.63, 3.8) is 0 Å². The summed E-state index contributed by atoms with van der Waals surface area (Å²) in [5, 5.41) is 0. The highest BCUT2D eigenvalue weighted by molar-refractivity contribution is 8.15. The molecular weight excluding hydrogens is 355 g/mol. The Morgan fingerprint density at radius 2 is 1.17 bits per heavy atom. The molecular formula is C6H12Cl3N6P3. The van der Waals surface area contributed by atoms with Crippen molar-refractivity contribution in [1.29, 1.82) is 0 Å². The highest BCUT2D eigenvalue weighted by Gasteiger charge is 2.52. The van der Waals surface area contributed by atoms with E-state index in [4.69, 9.17) is 38.2 Å². The zero-order chi connectivity index (χ0) is 12.6. The third kappa shape index (κ3) is 2.19. The summed E-state index contributed by atoms with van der Waals surface area (Å²) >= 11 is 19.3. The molecule has 1 atom stereocenters. The van der Waals surface area contributed by atoms with Gasteiger partial charge in [-0.15, -0.1) is 0 Å². The van der Waals surface area contributed by atoms with Gasteiger partial charge in [0, 0.05) is 39.3 Å². The normalized spacial score (nSPS) is 41.5. The Bertz CT molecular complexity index is 555. The van der Waals surface area contributed by atoms with E-state index in [9.17, 15) is 0 Å². The van der Waals surface area contributed by atoms with Crippen molar-refractivity contribution >= 4 is 53.8 Å². The molecule has 0 aromatic heterocycles. The summed E-state index contributed by atoms with van der Waals surface area (Å²) in [6.45, 7) is 3.57. The Balaban J connectivity index is 1.94. The fourth-order valence-electron chi connectivity index (χ4n) is 1.93. The molecule has 3 saturated heterocycles. The average Bonchev–Trinajstić information content (AvgIpc) is 3.17. The molecule has 1 unspecified atom stereocenters. The fraction of sp³-hybridized carbons (Fsp3) is 1.00. The number of halogens is 3. The summed E-state index contributed by atoms with van der Waals surface area (Å²) in [7, 11) is -2.08. The van der Waals surface area contributed by atoms with Crippen molar-refractivity contribution in [2.24, 2.45) is 13.5 Å². The van der Waals surface area contributed by atoms with Crippen LogP contribution in [0.15, 0.2) is 13.5 Å². The Morgan fingerprint density at radius 1 is 0.667 bits per heavy atom. The lowest BCUT2D eigenvalue weighted by Gasteiger charge is -2.30. The van der Waals surface area contributed by atoms with E-state index in [2.05, 4.69) is 23.0 Å². The first-order chi connectivity index (χ1) is 8.44. The maximum absolute atomic E-state index is 6.66. The fourth-order valence-corrected chi connectivity index (χ4v) is 17.8.